The molecule has 1 aliphatic heterocycles. The van der Waals surface area contributed by atoms with Gasteiger partial charge in [-0.25, -0.2) is 4.39 Å². The van der Waals surface area contributed by atoms with E-state index in [4.69, 9.17) is 10.5 Å². The van der Waals surface area contributed by atoms with Crippen molar-refractivity contribution in [2.45, 2.75) is 19.9 Å². The van der Waals surface area contributed by atoms with Gasteiger partial charge in [-0.1, -0.05) is 6.92 Å². The van der Waals surface area contributed by atoms with E-state index < -0.39 is 0 Å². The van der Waals surface area contributed by atoms with Crippen LogP contribution in [0, 0.1) is 11.7 Å². The third kappa shape index (κ3) is 3.16. The fourth-order valence-electron chi connectivity index (χ4n) is 1.89. The predicted octanol–water partition coefficient (Wildman–Crippen LogP) is 1.96. The number of hydrogen-bond acceptors (Lipinski definition) is 3. The van der Waals surface area contributed by atoms with Crippen molar-refractivity contribution in [1.29, 1.82) is 0 Å². The molecule has 1 amide bonds. The Balaban J connectivity index is 0.00000180. The molecule has 106 valence electrons. The maximum atomic E-state index is 13.1. The molecule has 2 atom stereocenters. The smallest absolute Gasteiger partial charge is 0.231 e. The number of halogens is 2. The highest BCUT2D eigenvalue weighted by molar-refractivity contribution is 5.97. The maximum Gasteiger partial charge on any atom is 0.231 e. The van der Waals surface area contributed by atoms with Crippen LogP contribution in [-0.2, 0) is 4.79 Å². The molecule has 0 bridgehead atoms. The largest absolute Gasteiger partial charge is 0.489 e. The van der Waals surface area contributed by atoms with Gasteiger partial charge in [0.05, 0.1) is 18.2 Å². The van der Waals surface area contributed by atoms with Crippen molar-refractivity contribution in [3.8, 4) is 5.75 Å². The molecule has 0 radical (unpaired) electrons. The van der Waals surface area contributed by atoms with Gasteiger partial charge in [0.1, 0.15) is 18.2 Å². The molecule has 0 saturated heterocycles. The van der Waals surface area contributed by atoms with Crippen LogP contribution >= 0.6 is 12.4 Å². The summed E-state index contributed by atoms with van der Waals surface area (Å²) >= 11 is 0. The fraction of sp³-hybridized carbons (Fsp3) is 0.462. The molecule has 0 spiro atoms. The average molecular weight is 289 g/mol. The molecule has 2 N–H and O–H groups in total. The molecular weight excluding hydrogens is 271 g/mol. The van der Waals surface area contributed by atoms with E-state index in [9.17, 15) is 9.18 Å². The third-order valence-electron chi connectivity index (χ3n) is 3.23. The summed E-state index contributed by atoms with van der Waals surface area (Å²) in [7, 11) is 0. The minimum atomic E-state index is -0.372. The lowest BCUT2D eigenvalue weighted by molar-refractivity contribution is -0.122. The van der Waals surface area contributed by atoms with Gasteiger partial charge in [0.25, 0.3) is 0 Å². The Morgan fingerprint density at radius 3 is 2.79 bits per heavy atom. The van der Waals surface area contributed by atoms with Crippen LogP contribution in [0.4, 0.5) is 10.1 Å². The molecule has 1 aliphatic rings. The topological polar surface area (TPSA) is 55.6 Å². The van der Waals surface area contributed by atoms with Crippen LogP contribution in [0.2, 0.25) is 0 Å². The van der Waals surface area contributed by atoms with Crippen LogP contribution in [-0.4, -0.2) is 25.1 Å². The summed E-state index contributed by atoms with van der Waals surface area (Å²) in [5.41, 5.74) is 6.36. The SMILES string of the molecule is CC(N)C(C)C(=O)N1CCOc2cc(F)ccc21.Cl. The number of ether oxygens (including phenoxy) is 1. The summed E-state index contributed by atoms with van der Waals surface area (Å²) in [6.45, 7) is 4.43. The van der Waals surface area contributed by atoms with Crippen molar-refractivity contribution in [2.75, 3.05) is 18.1 Å². The highest BCUT2D eigenvalue weighted by Crippen LogP contribution is 2.33. The quantitative estimate of drug-likeness (QED) is 0.905. The molecule has 1 heterocycles. The van der Waals surface area contributed by atoms with E-state index in [1.54, 1.807) is 24.8 Å². The van der Waals surface area contributed by atoms with E-state index in [1.807, 2.05) is 0 Å². The third-order valence-corrected chi connectivity index (χ3v) is 3.23. The van der Waals surface area contributed by atoms with Gasteiger partial charge in [0.2, 0.25) is 5.91 Å². The number of nitrogens with zero attached hydrogens (tertiary/aromatic N) is 1. The van der Waals surface area contributed by atoms with Crippen LogP contribution < -0.4 is 15.4 Å². The summed E-state index contributed by atoms with van der Waals surface area (Å²) in [5, 5.41) is 0. The van der Waals surface area contributed by atoms with E-state index >= 15 is 0 Å². The van der Waals surface area contributed by atoms with E-state index in [1.165, 1.54) is 12.1 Å². The number of amides is 1. The zero-order valence-electron chi connectivity index (χ0n) is 10.9. The number of carbonyl (C=O) groups excluding carboxylic acids is 1. The Labute approximate surface area is 118 Å². The first-order valence-electron chi connectivity index (χ1n) is 6.00. The van der Waals surface area contributed by atoms with Crippen molar-refractivity contribution in [2.24, 2.45) is 11.7 Å². The molecule has 0 aliphatic carbocycles. The van der Waals surface area contributed by atoms with Crippen LogP contribution in [0.3, 0.4) is 0 Å². The van der Waals surface area contributed by atoms with Crippen molar-refractivity contribution >= 4 is 24.0 Å². The normalized spacial score (nSPS) is 16.7. The second-order valence-electron chi connectivity index (χ2n) is 4.60. The van der Waals surface area contributed by atoms with Gasteiger partial charge in [-0.05, 0) is 19.1 Å². The molecule has 19 heavy (non-hydrogen) atoms. The molecule has 2 unspecified atom stereocenters. The first kappa shape index (κ1) is 15.7. The highest BCUT2D eigenvalue weighted by Gasteiger charge is 2.28. The van der Waals surface area contributed by atoms with Crippen LogP contribution in [0.1, 0.15) is 13.8 Å². The van der Waals surface area contributed by atoms with Crippen LogP contribution in [0.25, 0.3) is 0 Å². The number of benzene rings is 1. The Hall–Kier alpha value is -1.33. The van der Waals surface area contributed by atoms with Crippen LogP contribution in [0.5, 0.6) is 5.75 Å². The first-order chi connectivity index (χ1) is 8.50. The predicted molar refractivity (Wildman–Crippen MR) is 74.3 cm³/mol. The van der Waals surface area contributed by atoms with E-state index in [0.717, 1.165) is 0 Å². The number of anilines is 1. The number of hydrogen-bond donors (Lipinski definition) is 1. The van der Waals surface area contributed by atoms with Crippen LogP contribution in [0.15, 0.2) is 18.2 Å². The van der Waals surface area contributed by atoms with Gasteiger partial charge in [0, 0.05) is 12.1 Å². The Morgan fingerprint density at radius 2 is 2.16 bits per heavy atom. The molecule has 4 nitrogen and oxygen atoms in total. The van der Waals surface area contributed by atoms with E-state index in [0.29, 0.717) is 24.6 Å². The van der Waals surface area contributed by atoms with Crippen molar-refractivity contribution < 1.29 is 13.9 Å². The molecule has 2 rings (SSSR count). The molecule has 0 aromatic heterocycles. The molecule has 1 aromatic carbocycles. The minimum absolute atomic E-state index is 0. The molecule has 1 aromatic rings. The summed E-state index contributed by atoms with van der Waals surface area (Å²) in [4.78, 5) is 13.9. The van der Waals surface area contributed by atoms with Crippen molar-refractivity contribution in [3.05, 3.63) is 24.0 Å². The second-order valence-corrected chi connectivity index (χ2v) is 4.60. The fourth-order valence-corrected chi connectivity index (χ4v) is 1.89. The number of carbonyl (C=O) groups is 1. The van der Waals surface area contributed by atoms with Gasteiger partial charge >= 0.3 is 0 Å². The zero-order valence-corrected chi connectivity index (χ0v) is 11.7. The maximum absolute atomic E-state index is 13.1. The van der Waals surface area contributed by atoms with E-state index in [-0.39, 0.29) is 36.1 Å². The lowest BCUT2D eigenvalue weighted by Gasteiger charge is -2.32. The van der Waals surface area contributed by atoms with Gasteiger partial charge in [-0.2, -0.15) is 0 Å². The summed E-state index contributed by atoms with van der Waals surface area (Å²) in [5.74, 6) is -0.295. The highest BCUT2D eigenvalue weighted by atomic mass is 35.5. The second kappa shape index (κ2) is 6.21. The van der Waals surface area contributed by atoms with Gasteiger partial charge in [-0.3, -0.25) is 4.79 Å². The molecule has 6 heteroatoms. The Kier molecular flexibility index (Phi) is 5.14. The van der Waals surface area contributed by atoms with Gasteiger partial charge in [0.15, 0.2) is 0 Å². The zero-order chi connectivity index (χ0) is 13.3. The standard InChI is InChI=1S/C13H17FN2O2.ClH/c1-8(9(2)15)13(17)16-5-6-18-12-7-10(14)3-4-11(12)16;/h3-4,7-9H,5-6,15H2,1-2H3;1H. The number of rotatable bonds is 2. The lowest BCUT2D eigenvalue weighted by Crippen LogP contribution is -2.45. The lowest BCUT2D eigenvalue weighted by atomic mass is 10.0. The van der Waals surface area contributed by atoms with Crippen molar-refractivity contribution in [1.82, 2.24) is 0 Å². The van der Waals surface area contributed by atoms with E-state index in [2.05, 4.69) is 0 Å². The number of fused-ring (bicyclic) bond motifs is 1. The number of nitrogens with two attached hydrogens (primary N) is 1. The van der Waals surface area contributed by atoms with Gasteiger partial charge < -0.3 is 15.4 Å². The first-order valence-corrected chi connectivity index (χ1v) is 6.00. The molecular formula is C13H18ClFN2O2. The minimum Gasteiger partial charge on any atom is -0.489 e. The monoisotopic (exact) mass is 288 g/mol. The molecule has 0 saturated carbocycles. The average Bonchev–Trinajstić information content (AvgIpc) is 2.35. The summed E-state index contributed by atoms with van der Waals surface area (Å²) in [6, 6.07) is 3.97. The Morgan fingerprint density at radius 1 is 1.47 bits per heavy atom. The van der Waals surface area contributed by atoms with Gasteiger partial charge in [-0.15, -0.1) is 12.4 Å². The summed E-state index contributed by atoms with van der Waals surface area (Å²) < 4.78 is 18.5. The Bertz CT molecular complexity index is 468. The molecule has 0 fully saturated rings. The van der Waals surface area contributed by atoms with Crippen molar-refractivity contribution in [3.63, 3.8) is 0 Å². The summed E-state index contributed by atoms with van der Waals surface area (Å²) in [6.07, 6.45) is 0.